The van der Waals surface area contributed by atoms with Crippen LogP contribution >= 0.6 is 0 Å². The third-order valence-electron chi connectivity index (χ3n) is 5.77. The Labute approximate surface area is 235 Å². The zero-order chi connectivity index (χ0) is 29.7. The number of benzene rings is 1. The maximum Gasteiger partial charge on any atom is 0.416 e. The second-order valence-corrected chi connectivity index (χ2v) is 13.3. The van der Waals surface area contributed by atoms with E-state index in [-0.39, 0.29) is 29.2 Å². The van der Waals surface area contributed by atoms with E-state index in [9.17, 15) is 23.1 Å². The smallest absolute Gasteiger partial charge is 0.416 e. The number of pyridine rings is 2. The molecule has 0 saturated heterocycles. The van der Waals surface area contributed by atoms with Crippen LogP contribution in [0, 0.1) is 0 Å². The number of aromatic nitrogens is 2. The molecule has 0 spiro atoms. The number of carboxylic acid groups (broad SMARTS) is 1. The van der Waals surface area contributed by atoms with Crippen molar-refractivity contribution in [2.24, 2.45) is 0 Å². The number of rotatable bonds is 9. The van der Waals surface area contributed by atoms with Crippen LogP contribution in [0.1, 0.15) is 58.4 Å². The number of carbonyl (C=O) groups is 2. The zero-order valence-corrected chi connectivity index (χ0v) is 24.5. The molecule has 214 valence electrons. The number of aliphatic carboxylic acids is 1. The highest BCUT2D eigenvalue weighted by Crippen LogP contribution is 2.25. The lowest BCUT2D eigenvalue weighted by atomic mass is 9.87. The van der Waals surface area contributed by atoms with Crippen LogP contribution in [0.15, 0.2) is 71.9 Å². The van der Waals surface area contributed by atoms with E-state index in [1.807, 2.05) is 24.3 Å². The summed E-state index contributed by atoms with van der Waals surface area (Å²) in [7, 11) is -4.00. The van der Waals surface area contributed by atoms with Gasteiger partial charge in [0.05, 0.1) is 12.2 Å². The van der Waals surface area contributed by atoms with Crippen molar-refractivity contribution >= 4 is 27.9 Å². The highest BCUT2D eigenvalue weighted by atomic mass is 32.2. The summed E-state index contributed by atoms with van der Waals surface area (Å²) < 4.78 is 34.0. The molecule has 0 saturated carbocycles. The number of carboxylic acids is 1. The third kappa shape index (κ3) is 8.33. The minimum Gasteiger partial charge on any atom is -0.480 e. The van der Waals surface area contributed by atoms with Crippen molar-refractivity contribution in [3.05, 3.63) is 83.8 Å². The molecule has 3 rings (SSSR count). The minimum atomic E-state index is -4.00. The van der Waals surface area contributed by atoms with Crippen LogP contribution in [-0.2, 0) is 38.1 Å². The summed E-state index contributed by atoms with van der Waals surface area (Å²) >= 11 is 0. The minimum absolute atomic E-state index is 0.0266. The van der Waals surface area contributed by atoms with Crippen LogP contribution in [0.2, 0.25) is 0 Å². The monoisotopic (exact) mass is 568 g/mol. The molecule has 1 aromatic carbocycles. The van der Waals surface area contributed by atoms with Crippen LogP contribution in [-0.4, -0.2) is 52.0 Å². The number of anilines is 1. The van der Waals surface area contributed by atoms with E-state index < -0.39 is 34.2 Å². The van der Waals surface area contributed by atoms with Crippen LogP contribution < -0.4 is 4.90 Å². The first kappa shape index (κ1) is 30.7. The van der Waals surface area contributed by atoms with Gasteiger partial charge in [-0.2, -0.15) is 4.31 Å². The summed E-state index contributed by atoms with van der Waals surface area (Å²) in [5, 5.41) is 9.40. The maximum atomic E-state index is 13.7. The van der Waals surface area contributed by atoms with Crippen LogP contribution in [0.4, 0.5) is 10.6 Å². The molecule has 0 aliphatic heterocycles. The predicted octanol–water partition coefficient (Wildman–Crippen LogP) is 4.99. The molecular formula is C29H36N4O6S. The van der Waals surface area contributed by atoms with Crippen LogP contribution in [0.25, 0.3) is 0 Å². The molecule has 10 nitrogen and oxygen atoms in total. The molecule has 1 N–H and O–H groups in total. The van der Waals surface area contributed by atoms with Crippen LogP contribution in [0.5, 0.6) is 0 Å². The number of hydrogen-bond acceptors (Lipinski definition) is 7. The molecule has 0 fully saturated rings. The van der Waals surface area contributed by atoms with E-state index in [4.69, 9.17) is 4.74 Å². The highest BCUT2D eigenvalue weighted by Gasteiger charge is 2.29. The second-order valence-electron chi connectivity index (χ2n) is 11.4. The predicted molar refractivity (Wildman–Crippen MR) is 151 cm³/mol. The number of hydrogen-bond donors (Lipinski definition) is 1. The van der Waals surface area contributed by atoms with E-state index in [1.165, 1.54) is 28.8 Å². The lowest BCUT2D eigenvalue weighted by molar-refractivity contribution is -0.135. The van der Waals surface area contributed by atoms with Gasteiger partial charge in [-0.1, -0.05) is 51.1 Å². The molecule has 2 heterocycles. The number of carbonyl (C=O) groups excluding carboxylic acids is 1. The molecule has 0 atom stereocenters. The Hall–Kier alpha value is -3.83. The van der Waals surface area contributed by atoms with E-state index in [1.54, 1.807) is 39.0 Å². The first-order valence-corrected chi connectivity index (χ1v) is 14.2. The van der Waals surface area contributed by atoms with E-state index in [0.29, 0.717) is 5.69 Å². The van der Waals surface area contributed by atoms with Crippen molar-refractivity contribution in [3.8, 4) is 0 Å². The van der Waals surface area contributed by atoms with Crippen molar-refractivity contribution in [3.63, 3.8) is 0 Å². The van der Waals surface area contributed by atoms with E-state index in [0.717, 1.165) is 16.0 Å². The van der Waals surface area contributed by atoms with Gasteiger partial charge in [-0.25, -0.2) is 18.2 Å². The zero-order valence-electron chi connectivity index (χ0n) is 23.7. The lowest BCUT2D eigenvalue weighted by Crippen LogP contribution is -2.40. The molecule has 1 amide bonds. The molecule has 0 bridgehead atoms. The Balaban J connectivity index is 1.98. The Morgan fingerprint density at radius 1 is 0.925 bits per heavy atom. The lowest BCUT2D eigenvalue weighted by Gasteiger charge is -2.26. The van der Waals surface area contributed by atoms with Gasteiger partial charge in [0.1, 0.15) is 22.9 Å². The Morgan fingerprint density at radius 3 is 2.15 bits per heavy atom. The Bertz CT molecular complexity index is 1430. The molecule has 0 unspecified atom stereocenters. The quantitative estimate of drug-likeness (QED) is 0.382. The number of amides is 1. The summed E-state index contributed by atoms with van der Waals surface area (Å²) in [6.45, 7) is 10.6. The number of ether oxygens (including phenoxy) is 1. The van der Waals surface area contributed by atoms with Crippen molar-refractivity contribution in [2.45, 2.75) is 70.5 Å². The summed E-state index contributed by atoms with van der Waals surface area (Å²) in [5.41, 5.74) is 1.30. The van der Waals surface area contributed by atoms with E-state index in [2.05, 4.69) is 30.7 Å². The molecule has 40 heavy (non-hydrogen) atoms. The Kier molecular flexibility index (Phi) is 9.32. The van der Waals surface area contributed by atoms with Gasteiger partial charge in [0.25, 0.3) is 0 Å². The fourth-order valence-electron chi connectivity index (χ4n) is 3.77. The summed E-state index contributed by atoms with van der Waals surface area (Å²) in [6.07, 6.45) is 1.90. The SMILES string of the molecule is CC(C)(C)OC(=O)N(CC(=O)O)c1cccc(CN(Cc2ccc(C(C)(C)C)cc2)S(=O)(=O)c2cccnc2)n1. The largest absolute Gasteiger partial charge is 0.480 e. The summed E-state index contributed by atoms with van der Waals surface area (Å²) in [6, 6.07) is 15.4. The van der Waals surface area contributed by atoms with Crippen LogP contribution in [0.3, 0.4) is 0 Å². The average molecular weight is 569 g/mol. The first-order valence-electron chi connectivity index (χ1n) is 12.7. The fraction of sp³-hybridized carbons (Fsp3) is 0.379. The van der Waals surface area contributed by atoms with Crippen molar-refractivity contribution < 1.29 is 27.9 Å². The molecule has 11 heteroatoms. The number of nitrogens with zero attached hydrogens (tertiary/aromatic N) is 4. The topological polar surface area (TPSA) is 130 Å². The molecular weight excluding hydrogens is 532 g/mol. The van der Waals surface area contributed by atoms with Gasteiger partial charge in [0, 0.05) is 18.9 Å². The van der Waals surface area contributed by atoms with Gasteiger partial charge >= 0.3 is 12.1 Å². The fourth-order valence-corrected chi connectivity index (χ4v) is 5.13. The van der Waals surface area contributed by atoms with Gasteiger partial charge in [0.15, 0.2) is 0 Å². The van der Waals surface area contributed by atoms with Gasteiger partial charge < -0.3 is 9.84 Å². The second kappa shape index (κ2) is 12.1. The van der Waals surface area contributed by atoms with Crippen molar-refractivity contribution in [1.29, 1.82) is 0 Å². The standard InChI is InChI=1S/C29H36N4O6S/c1-28(2,3)22-14-12-21(13-15-22)18-32(40(37,38)24-10-8-16-30-17-24)19-23-9-7-11-25(31-23)33(20-26(34)35)27(36)39-29(4,5)6/h7-17H,18-20H2,1-6H3,(H,34,35). The van der Waals surface area contributed by atoms with E-state index >= 15 is 0 Å². The highest BCUT2D eigenvalue weighted by molar-refractivity contribution is 7.89. The molecule has 0 aliphatic carbocycles. The van der Waals surface area contributed by atoms with Gasteiger partial charge in [0.2, 0.25) is 10.0 Å². The van der Waals surface area contributed by atoms with Gasteiger partial charge in [-0.3, -0.25) is 14.7 Å². The molecule has 0 radical (unpaired) electrons. The Morgan fingerprint density at radius 2 is 1.60 bits per heavy atom. The van der Waals surface area contributed by atoms with Gasteiger partial charge in [-0.15, -0.1) is 0 Å². The maximum absolute atomic E-state index is 13.7. The molecule has 0 aliphatic rings. The van der Waals surface area contributed by atoms with Gasteiger partial charge in [-0.05, 0) is 61.6 Å². The van der Waals surface area contributed by atoms with Crippen molar-refractivity contribution in [1.82, 2.24) is 14.3 Å². The average Bonchev–Trinajstić information content (AvgIpc) is 2.86. The summed E-state index contributed by atoms with van der Waals surface area (Å²) in [5.74, 6) is -1.22. The van der Waals surface area contributed by atoms with Crippen molar-refractivity contribution in [2.75, 3.05) is 11.4 Å². The third-order valence-corrected chi connectivity index (χ3v) is 7.54. The summed E-state index contributed by atoms with van der Waals surface area (Å²) in [4.78, 5) is 33.7. The molecule has 3 aromatic rings. The first-order chi connectivity index (χ1) is 18.6. The number of sulfonamides is 1. The normalized spacial score (nSPS) is 12.3. The molecule has 2 aromatic heterocycles.